The van der Waals surface area contributed by atoms with E-state index >= 15 is 0 Å². The van der Waals surface area contributed by atoms with E-state index in [9.17, 15) is 22.3 Å². The Morgan fingerprint density at radius 2 is 2.19 bits per heavy atom. The van der Waals surface area contributed by atoms with Gasteiger partial charge in [-0.3, -0.25) is 4.72 Å². The molecule has 32 heavy (non-hydrogen) atoms. The van der Waals surface area contributed by atoms with Crippen molar-refractivity contribution in [3.05, 3.63) is 41.5 Å². The average molecular weight is 490 g/mol. The lowest BCUT2D eigenvalue weighted by molar-refractivity contribution is 0.124. The normalized spacial score (nSPS) is 18.3. The SMILES string of the molecule is C[C@H](CO)Oc1cc(NS(=O)(=O)N2CCN[C@@H](C)C2)nc(SCc2cccc(F)c2F)n1. The van der Waals surface area contributed by atoms with Crippen molar-refractivity contribution < 1.29 is 27.0 Å². The molecule has 3 N–H and O–H groups in total. The number of benzene rings is 1. The number of anilines is 1. The molecule has 0 radical (unpaired) electrons. The van der Waals surface area contributed by atoms with Crippen molar-refractivity contribution in [1.29, 1.82) is 0 Å². The van der Waals surface area contributed by atoms with Gasteiger partial charge < -0.3 is 15.2 Å². The Labute approximate surface area is 189 Å². The summed E-state index contributed by atoms with van der Waals surface area (Å²) in [4.78, 5) is 8.38. The molecule has 1 aliphatic rings. The molecular weight excluding hydrogens is 464 g/mol. The maximum absolute atomic E-state index is 14.0. The number of rotatable bonds is 9. The number of hydrogen-bond donors (Lipinski definition) is 3. The van der Waals surface area contributed by atoms with Gasteiger partial charge in [-0.15, -0.1) is 0 Å². The van der Waals surface area contributed by atoms with Crippen LogP contribution in [0.1, 0.15) is 19.4 Å². The van der Waals surface area contributed by atoms with E-state index in [2.05, 4.69) is 20.0 Å². The minimum Gasteiger partial charge on any atom is -0.472 e. The number of nitrogens with zero attached hydrogens (tertiary/aromatic N) is 3. The zero-order valence-corrected chi connectivity index (χ0v) is 19.2. The van der Waals surface area contributed by atoms with Crippen LogP contribution in [0.4, 0.5) is 14.6 Å². The van der Waals surface area contributed by atoms with Gasteiger partial charge in [0.1, 0.15) is 11.9 Å². The van der Waals surface area contributed by atoms with Crippen LogP contribution in [-0.4, -0.2) is 66.2 Å². The van der Waals surface area contributed by atoms with E-state index in [-0.39, 0.29) is 40.8 Å². The third-order valence-electron chi connectivity index (χ3n) is 4.55. The molecule has 0 amide bonds. The summed E-state index contributed by atoms with van der Waals surface area (Å²) in [7, 11) is -3.89. The molecule has 1 fully saturated rings. The average Bonchev–Trinajstić information content (AvgIpc) is 2.74. The zero-order valence-electron chi connectivity index (χ0n) is 17.6. The van der Waals surface area contributed by atoms with Gasteiger partial charge in [0, 0.05) is 43.1 Å². The highest BCUT2D eigenvalue weighted by molar-refractivity contribution is 7.98. The van der Waals surface area contributed by atoms with Crippen LogP contribution in [0.25, 0.3) is 0 Å². The minimum atomic E-state index is -3.89. The molecular formula is C19H25F2N5O4S2. The number of nitrogens with one attached hydrogen (secondary N) is 2. The molecule has 0 bridgehead atoms. The Morgan fingerprint density at radius 3 is 2.91 bits per heavy atom. The van der Waals surface area contributed by atoms with Gasteiger partial charge >= 0.3 is 10.2 Å². The molecule has 1 aromatic heterocycles. The third kappa shape index (κ3) is 6.48. The Hall–Kier alpha value is -2.06. The van der Waals surface area contributed by atoms with Gasteiger partial charge in [-0.2, -0.15) is 17.7 Å². The van der Waals surface area contributed by atoms with E-state index in [1.807, 2.05) is 6.92 Å². The molecule has 176 valence electrons. The second-order valence-corrected chi connectivity index (χ2v) is 9.92. The van der Waals surface area contributed by atoms with Gasteiger partial charge in [-0.1, -0.05) is 23.9 Å². The second-order valence-electron chi connectivity index (χ2n) is 7.31. The van der Waals surface area contributed by atoms with Gasteiger partial charge in [0.25, 0.3) is 0 Å². The molecule has 1 saturated heterocycles. The molecule has 9 nitrogen and oxygen atoms in total. The minimum absolute atomic E-state index is 0.00213. The molecule has 0 unspecified atom stereocenters. The largest absolute Gasteiger partial charge is 0.472 e. The maximum Gasteiger partial charge on any atom is 0.302 e. The zero-order chi connectivity index (χ0) is 23.3. The quantitative estimate of drug-likeness (QED) is 0.360. The Balaban J connectivity index is 1.83. The molecule has 2 aromatic rings. The topological polar surface area (TPSA) is 117 Å². The first-order valence-corrected chi connectivity index (χ1v) is 12.3. The highest BCUT2D eigenvalue weighted by Gasteiger charge is 2.27. The number of aliphatic hydroxyl groups excluding tert-OH is 1. The van der Waals surface area contributed by atoms with Crippen molar-refractivity contribution in [2.75, 3.05) is 31.0 Å². The standard InChI is InChI=1S/C19H25F2N5O4S2/c1-12-9-26(7-6-22-12)32(28,29)25-16-8-17(30-13(2)10-27)24-19(23-16)31-11-14-4-3-5-15(20)18(14)21/h3-5,8,12-13,22,27H,6-7,9-11H2,1-2H3,(H,23,24,25)/t12-,13+/m0/s1. The van der Waals surface area contributed by atoms with Crippen molar-refractivity contribution in [2.45, 2.75) is 36.9 Å². The number of aliphatic hydroxyl groups is 1. The lowest BCUT2D eigenvalue weighted by Gasteiger charge is -2.30. The number of ether oxygens (including phenoxy) is 1. The number of aromatic nitrogens is 2. The van der Waals surface area contributed by atoms with Gasteiger partial charge in [0.05, 0.1) is 6.61 Å². The Kier molecular flexibility index (Phi) is 8.22. The summed E-state index contributed by atoms with van der Waals surface area (Å²) < 4.78 is 62.3. The predicted octanol–water partition coefficient (Wildman–Crippen LogP) is 1.76. The Morgan fingerprint density at radius 1 is 1.41 bits per heavy atom. The van der Waals surface area contributed by atoms with Gasteiger partial charge in [0.15, 0.2) is 16.8 Å². The van der Waals surface area contributed by atoms with Crippen LogP contribution in [0.15, 0.2) is 29.4 Å². The van der Waals surface area contributed by atoms with Crippen LogP contribution < -0.4 is 14.8 Å². The summed E-state index contributed by atoms with van der Waals surface area (Å²) in [6.45, 7) is 4.34. The summed E-state index contributed by atoms with van der Waals surface area (Å²) in [6, 6.07) is 5.17. The van der Waals surface area contributed by atoms with Crippen LogP contribution in [0.5, 0.6) is 5.88 Å². The van der Waals surface area contributed by atoms with Crippen LogP contribution in [0.2, 0.25) is 0 Å². The summed E-state index contributed by atoms with van der Waals surface area (Å²) in [5.41, 5.74) is 0.116. The van der Waals surface area contributed by atoms with Crippen LogP contribution >= 0.6 is 11.8 Å². The molecule has 13 heteroatoms. The fraction of sp³-hybridized carbons (Fsp3) is 0.474. The number of hydrogen-bond acceptors (Lipinski definition) is 8. The summed E-state index contributed by atoms with van der Waals surface area (Å²) in [5.74, 6) is -1.90. The highest BCUT2D eigenvalue weighted by Crippen LogP contribution is 2.26. The molecule has 0 aliphatic carbocycles. The summed E-state index contributed by atoms with van der Waals surface area (Å²) in [5, 5.41) is 12.5. The van der Waals surface area contributed by atoms with Crippen LogP contribution in [0.3, 0.4) is 0 Å². The fourth-order valence-electron chi connectivity index (χ4n) is 2.94. The Bertz CT molecular complexity index is 1040. The van der Waals surface area contributed by atoms with E-state index in [0.717, 1.165) is 17.8 Å². The summed E-state index contributed by atoms with van der Waals surface area (Å²) >= 11 is 0.992. The van der Waals surface area contributed by atoms with Gasteiger partial charge in [-0.05, 0) is 19.9 Å². The molecule has 0 spiro atoms. The molecule has 0 saturated carbocycles. The van der Waals surface area contributed by atoms with E-state index in [4.69, 9.17) is 4.74 Å². The van der Waals surface area contributed by atoms with Crippen molar-refractivity contribution in [2.24, 2.45) is 0 Å². The van der Waals surface area contributed by atoms with Crippen LogP contribution in [-0.2, 0) is 16.0 Å². The molecule has 1 aliphatic heterocycles. The lowest BCUT2D eigenvalue weighted by atomic mass is 10.2. The molecule has 2 atom stereocenters. The highest BCUT2D eigenvalue weighted by atomic mass is 32.2. The van der Waals surface area contributed by atoms with Crippen molar-refractivity contribution in [1.82, 2.24) is 19.6 Å². The predicted molar refractivity (Wildman–Crippen MR) is 117 cm³/mol. The van der Waals surface area contributed by atoms with E-state index in [1.54, 1.807) is 6.92 Å². The van der Waals surface area contributed by atoms with E-state index in [1.165, 1.54) is 22.5 Å². The monoisotopic (exact) mass is 489 g/mol. The molecule has 1 aromatic carbocycles. The fourth-order valence-corrected chi connectivity index (χ4v) is 5.01. The van der Waals surface area contributed by atoms with Crippen molar-refractivity contribution in [3.8, 4) is 5.88 Å². The first kappa shape index (κ1) is 24.6. The van der Waals surface area contributed by atoms with Gasteiger partial charge in [0.2, 0.25) is 5.88 Å². The van der Waals surface area contributed by atoms with Crippen molar-refractivity contribution in [3.63, 3.8) is 0 Å². The summed E-state index contributed by atoms with van der Waals surface area (Å²) in [6.07, 6.45) is -0.595. The number of thioether (sulfide) groups is 1. The number of halogens is 2. The van der Waals surface area contributed by atoms with E-state index in [0.29, 0.717) is 19.6 Å². The van der Waals surface area contributed by atoms with Crippen molar-refractivity contribution >= 4 is 27.8 Å². The lowest BCUT2D eigenvalue weighted by Crippen LogP contribution is -2.52. The van der Waals surface area contributed by atoms with Crippen LogP contribution in [0, 0.1) is 11.6 Å². The molecule has 2 heterocycles. The maximum atomic E-state index is 14.0. The smallest absolute Gasteiger partial charge is 0.302 e. The third-order valence-corrected chi connectivity index (χ3v) is 6.93. The number of piperazine rings is 1. The first-order valence-electron chi connectivity index (χ1n) is 9.91. The molecule has 3 rings (SSSR count). The first-order chi connectivity index (χ1) is 15.2. The van der Waals surface area contributed by atoms with Gasteiger partial charge in [-0.25, -0.2) is 13.8 Å². The van der Waals surface area contributed by atoms with E-state index < -0.39 is 27.9 Å². The second kappa shape index (κ2) is 10.7.